The first kappa shape index (κ1) is 30.1. The molecule has 0 fully saturated rings. The molecule has 0 spiro atoms. The zero-order valence-corrected chi connectivity index (χ0v) is 28.3. The Kier molecular flexibility index (Phi) is 7.86. The van der Waals surface area contributed by atoms with Crippen molar-refractivity contribution in [2.75, 3.05) is 0 Å². The molecule has 0 amide bonds. The van der Waals surface area contributed by atoms with Gasteiger partial charge < -0.3 is 19.1 Å². The maximum absolute atomic E-state index is 6.71. The van der Waals surface area contributed by atoms with E-state index in [1.807, 2.05) is 48.8 Å². The quantitative estimate of drug-likeness (QED) is 0.125. The third-order valence-electron chi connectivity index (χ3n) is 8.85. The molecule has 0 saturated carbocycles. The third kappa shape index (κ3) is 4.96. The first-order valence-electron chi connectivity index (χ1n) is 15.6. The minimum absolute atomic E-state index is 0. The number of hydrogen-bond donors (Lipinski definition) is 0. The Morgan fingerprint density at radius 2 is 1.57 bits per heavy atom. The molecule has 1 unspecified atom stereocenters. The van der Waals surface area contributed by atoms with Gasteiger partial charge in [0.15, 0.2) is 0 Å². The number of nitrogens with zero attached hydrogens (tertiary/aromatic N) is 2. The fourth-order valence-corrected chi connectivity index (χ4v) is 6.76. The molecule has 46 heavy (non-hydrogen) atoms. The summed E-state index contributed by atoms with van der Waals surface area (Å²) < 4.78 is 13.2. The second-order valence-electron chi connectivity index (χ2n) is 12.3. The van der Waals surface area contributed by atoms with Gasteiger partial charge in [0.25, 0.3) is 0 Å². The Morgan fingerprint density at radius 3 is 2.37 bits per heavy atom. The first-order chi connectivity index (χ1) is 22.0. The number of allylic oxidation sites excluding steroid dienone is 1. The molecule has 2 aromatic heterocycles. The molecule has 5 heteroatoms. The van der Waals surface area contributed by atoms with E-state index in [9.17, 15) is 0 Å². The van der Waals surface area contributed by atoms with E-state index >= 15 is 0 Å². The van der Waals surface area contributed by atoms with Gasteiger partial charge in [-0.2, -0.15) is 0 Å². The molecular formula is C41H32N2O2Pt. The smallest absolute Gasteiger partial charge is 0.496 e. The maximum Gasteiger partial charge on any atom is 2.00 e. The number of pyridine rings is 1. The number of aliphatic imine (C=N–C) groups is 1. The van der Waals surface area contributed by atoms with Crippen LogP contribution in [0.2, 0.25) is 0 Å². The van der Waals surface area contributed by atoms with E-state index in [0.717, 1.165) is 54.9 Å². The van der Waals surface area contributed by atoms with Gasteiger partial charge in [-0.3, -0.25) is 0 Å². The number of rotatable bonds is 6. The number of benzene rings is 5. The van der Waals surface area contributed by atoms with Gasteiger partial charge in [-0.25, -0.2) is 0 Å². The van der Waals surface area contributed by atoms with E-state index in [-0.39, 0.29) is 27.0 Å². The van der Waals surface area contributed by atoms with Crippen LogP contribution in [0.1, 0.15) is 67.7 Å². The standard InChI is InChI=1S/C41H32N2O2.Pt/c1-24(2)29-14-8-15-30(25(3)4)37(29)33-19-21-43-40(33)27-10-7-12-28(22-27)44-36-23-34-31(18-17-26-11-9-20-42-39(26)34)41-38(36)32-13-5-6-16-35(32)45-41;/h5-21,24-25,33H,1-4H3;/q-2;+2. The molecule has 228 valence electrons. The van der Waals surface area contributed by atoms with Gasteiger partial charge in [-0.15, -0.1) is 29.1 Å². The molecule has 1 aliphatic rings. The van der Waals surface area contributed by atoms with Gasteiger partial charge in [0.05, 0.1) is 11.3 Å². The molecular weight excluding hydrogens is 748 g/mol. The molecule has 0 N–H and O–H groups in total. The number of fused-ring (bicyclic) bond motifs is 7. The first-order valence-corrected chi connectivity index (χ1v) is 15.6. The van der Waals surface area contributed by atoms with Crippen molar-refractivity contribution in [3.05, 3.63) is 138 Å². The van der Waals surface area contributed by atoms with Crippen molar-refractivity contribution < 1.29 is 30.2 Å². The maximum atomic E-state index is 6.71. The van der Waals surface area contributed by atoms with E-state index < -0.39 is 0 Å². The summed E-state index contributed by atoms with van der Waals surface area (Å²) in [5.41, 5.74) is 8.39. The summed E-state index contributed by atoms with van der Waals surface area (Å²) in [6.45, 7) is 9.05. The normalized spacial score (nSPS) is 14.6. The van der Waals surface area contributed by atoms with Crippen LogP contribution in [0.25, 0.3) is 43.6 Å². The summed E-state index contributed by atoms with van der Waals surface area (Å²) in [6, 6.07) is 36.1. The van der Waals surface area contributed by atoms with E-state index in [1.165, 1.54) is 16.7 Å². The summed E-state index contributed by atoms with van der Waals surface area (Å²) in [7, 11) is 0. The average Bonchev–Trinajstić information content (AvgIpc) is 3.70. The minimum atomic E-state index is 0. The van der Waals surface area contributed by atoms with Crippen molar-refractivity contribution in [3.63, 3.8) is 0 Å². The van der Waals surface area contributed by atoms with Gasteiger partial charge >= 0.3 is 21.1 Å². The summed E-state index contributed by atoms with van der Waals surface area (Å²) in [6.07, 6.45) is 5.95. The number of aromatic nitrogens is 1. The van der Waals surface area contributed by atoms with Gasteiger partial charge in [-0.1, -0.05) is 106 Å². The predicted molar refractivity (Wildman–Crippen MR) is 184 cm³/mol. The van der Waals surface area contributed by atoms with Crippen LogP contribution in [-0.2, 0) is 21.1 Å². The molecule has 0 bridgehead atoms. The molecule has 0 radical (unpaired) electrons. The van der Waals surface area contributed by atoms with Crippen LogP contribution in [0.5, 0.6) is 11.5 Å². The van der Waals surface area contributed by atoms with Crippen LogP contribution >= 0.6 is 0 Å². The van der Waals surface area contributed by atoms with Crippen LogP contribution in [0, 0.1) is 12.1 Å². The monoisotopic (exact) mass is 779 g/mol. The molecule has 0 saturated heterocycles. The Morgan fingerprint density at radius 1 is 0.783 bits per heavy atom. The van der Waals surface area contributed by atoms with Crippen molar-refractivity contribution in [1.82, 2.24) is 4.98 Å². The zero-order chi connectivity index (χ0) is 30.7. The van der Waals surface area contributed by atoms with Crippen LogP contribution in [0.15, 0.2) is 113 Å². The number of furan rings is 1. The summed E-state index contributed by atoms with van der Waals surface area (Å²) in [5, 5.41) is 4.72. The fourth-order valence-electron chi connectivity index (χ4n) is 6.76. The number of ether oxygens (including phenoxy) is 1. The molecule has 0 aliphatic carbocycles. The third-order valence-corrected chi connectivity index (χ3v) is 8.85. The Bertz CT molecular complexity index is 2300. The predicted octanol–water partition coefficient (Wildman–Crippen LogP) is 11.0. The summed E-state index contributed by atoms with van der Waals surface area (Å²) in [4.78, 5) is 9.59. The van der Waals surface area contributed by atoms with Crippen molar-refractivity contribution >= 4 is 49.3 Å². The molecule has 1 aliphatic heterocycles. The van der Waals surface area contributed by atoms with Crippen LogP contribution in [-0.4, -0.2) is 10.7 Å². The van der Waals surface area contributed by atoms with Crippen molar-refractivity contribution in [2.24, 2.45) is 4.99 Å². The van der Waals surface area contributed by atoms with Crippen LogP contribution in [0.3, 0.4) is 0 Å². The average molecular weight is 780 g/mol. The largest absolute Gasteiger partial charge is 2.00 e. The van der Waals surface area contributed by atoms with E-state index in [4.69, 9.17) is 19.1 Å². The number of para-hydroxylation sites is 1. The number of hydrogen-bond acceptors (Lipinski definition) is 4. The zero-order valence-electron chi connectivity index (χ0n) is 26.1. The molecule has 1 atom stereocenters. The topological polar surface area (TPSA) is 47.6 Å². The van der Waals surface area contributed by atoms with Crippen LogP contribution < -0.4 is 4.74 Å². The Balaban J connectivity index is 0.00000338. The van der Waals surface area contributed by atoms with E-state index in [2.05, 4.69) is 94.4 Å². The summed E-state index contributed by atoms with van der Waals surface area (Å²) >= 11 is 0. The second-order valence-corrected chi connectivity index (χ2v) is 12.3. The molecule has 3 heterocycles. The van der Waals surface area contributed by atoms with Crippen molar-refractivity contribution in [2.45, 2.75) is 45.4 Å². The summed E-state index contributed by atoms with van der Waals surface area (Å²) in [5.74, 6) is 2.02. The fraction of sp³-hybridized carbons (Fsp3) is 0.171. The van der Waals surface area contributed by atoms with E-state index in [0.29, 0.717) is 23.3 Å². The van der Waals surface area contributed by atoms with Crippen LogP contribution in [0.4, 0.5) is 0 Å². The van der Waals surface area contributed by atoms with Gasteiger partial charge in [0, 0.05) is 24.1 Å². The second kappa shape index (κ2) is 12.0. The SMILES string of the molecule is CC(C)c1cccc(C(C)C)c1C1C=CN=C1c1[c-]c(Oc2[c-]c3c(ccc4cccnc43)c3oc4ccccc4c23)ccc1.[Pt+2]. The van der Waals surface area contributed by atoms with Crippen molar-refractivity contribution in [3.8, 4) is 11.5 Å². The molecule has 4 nitrogen and oxygen atoms in total. The minimum Gasteiger partial charge on any atom is -0.496 e. The van der Waals surface area contributed by atoms with Gasteiger partial charge in [-0.05, 0) is 68.0 Å². The van der Waals surface area contributed by atoms with E-state index in [1.54, 1.807) is 0 Å². The Labute approximate surface area is 283 Å². The van der Waals surface area contributed by atoms with Crippen molar-refractivity contribution in [1.29, 1.82) is 0 Å². The Hall–Kier alpha value is -4.53. The molecule has 7 aromatic rings. The van der Waals surface area contributed by atoms with Gasteiger partial charge in [0.2, 0.25) is 0 Å². The molecule has 8 rings (SSSR count). The van der Waals surface area contributed by atoms with Gasteiger partial charge in [0.1, 0.15) is 5.58 Å². The molecule has 5 aromatic carbocycles.